The van der Waals surface area contributed by atoms with Gasteiger partial charge in [-0.05, 0) is 86.3 Å². The van der Waals surface area contributed by atoms with E-state index < -0.39 is 0 Å². The average molecular weight is 434 g/mol. The quantitative estimate of drug-likeness (QED) is 0.237. The minimum absolute atomic E-state index is 0.601. The van der Waals surface area contributed by atoms with Crippen LogP contribution in [0.2, 0.25) is 0 Å². The fourth-order valence-corrected chi connectivity index (χ4v) is 7.92. The Bertz CT molecular complexity index is 1440. The molecule has 0 aliphatic heterocycles. The maximum Gasteiger partial charge on any atom is 0.216 e. The smallest absolute Gasteiger partial charge is 0.216 e. The molecule has 8 rings (SSSR count). The summed E-state index contributed by atoms with van der Waals surface area (Å²) in [6, 6.07) is 15.1. The van der Waals surface area contributed by atoms with Gasteiger partial charge in [0.1, 0.15) is 18.2 Å². The summed E-state index contributed by atoms with van der Waals surface area (Å²) in [6.07, 6.45) is 9.09. The molecule has 0 radical (unpaired) electrons. The second-order valence-electron chi connectivity index (χ2n) is 10.9. The molecule has 3 heteroatoms. The van der Waals surface area contributed by atoms with Crippen LogP contribution in [0.25, 0.3) is 38.0 Å². The highest BCUT2D eigenvalue weighted by molar-refractivity contribution is 6.15. The highest BCUT2D eigenvalue weighted by Crippen LogP contribution is 2.60. The van der Waals surface area contributed by atoms with E-state index in [0.29, 0.717) is 5.92 Å². The van der Waals surface area contributed by atoms with Crippen LogP contribution < -0.4 is 4.57 Å². The fraction of sp³-hybridized carbons (Fsp3) is 0.400. The normalized spacial score (nSPS) is 28.0. The van der Waals surface area contributed by atoms with E-state index in [4.69, 9.17) is 11.0 Å². The monoisotopic (exact) mass is 433 g/mol. The van der Waals surface area contributed by atoms with E-state index >= 15 is 0 Å². The predicted octanol–water partition coefficient (Wildman–Crippen LogP) is 7.48. The summed E-state index contributed by atoms with van der Waals surface area (Å²) in [5, 5.41) is 2.03. The van der Waals surface area contributed by atoms with Crippen LogP contribution in [-0.4, -0.2) is 0 Å². The zero-order valence-corrected chi connectivity index (χ0v) is 19.3. The van der Waals surface area contributed by atoms with Crippen LogP contribution in [-0.2, 0) is 7.05 Å². The molecular weight excluding hydrogens is 404 g/mol. The first-order chi connectivity index (χ1) is 16.1. The van der Waals surface area contributed by atoms with Crippen molar-refractivity contribution < 1.29 is 8.98 Å². The molecule has 4 aliphatic carbocycles. The second kappa shape index (κ2) is 6.94. The summed E-state index contributed by atoms with van der Waals surface area (Å²) in [7, 11) is 2.07. The molecule has 164 valence electrons. The third kappa shape index (κ3) is 2.76. The van der Waals surface area contributed by atoms with Crippen molar-refractivity contribution in [1.29, 1.82) is 0 Å². The molecule has 33 heavy (non-hydrogen) atoms. The largest absolute Gasteiger partial charge is 0.457 e. The van der Waals surface area contributed by atoms with Crippen LogP contribution in [0.5, 0.6) is 0 Å². The summed E-state index contributed by atoms with van der Waals surface area (Å²) < 4.78 is 8.79. The maximum atomic E-state index is 8.02. The number of pyridine rings is 1. The molecule has 0 unspecified atom stereocenters. The number of nitrogens with zero attached hydrogens (tertiary/aromatic N) is 2. The van der Waals surface area contributed by atoms with Crippen molar-refractivity contribution in [2.75, 3.05) is 0 Å². The molecular formula is C30H29N2O+. The van der Waals surface area contributed by atoms with Gasteiger partial charge in [-0.3, -0.25) is 0 Å². The van der Waals surface area contributed by atoms with Crippen LogP contribution in [0.3, 0.4) is 0 Å². The summed E-state index contributed by atoms with van der Waals surface area (Å²) >= 11 is 0. The number of benzene rings is 2. The Morgan fingerprint density at radius 1 is 0.970 bits per heavy atom. The molecule has 4 aromatic rings. The van der Waals surface area contributed by atoms with E-state index in [1.54, 1.807) is 0 Å². The number of aromatic nitrogens is 1. The highest BCUT2D eigenvalue weighted by Gasteiger charge is 2.48. The van der Waals surface area contributed by atoms with Crippen molar-refractivity contribution >= 4 is 27.6 Å². The van der Waals surface area contributed by atoms with Crippen molar-refractivity contribution in [1.82, 2.24) is 0 Å². The third-order valence-corrected chi connectivity index (χ3v) is 8.99. The molecule has 0 spiro atoms. The summed E-state index contributed by atoms with van der Waals surface area (Å²) in [5.74, 6) is 4.10. The van der Waals surface area contributed by atoms with E-state index in [1.165, 1.54) is 43.2 Å². The first kappa shape index (κ1) is 19.4. The van der Waals surface area contributed by atoms with Gasteiger partial charge in [0.2, 0.25) is 5.69 Å². The lowest BCUT2D eigenvalue weighted by atomic mass is 9.51. The zero-order chi connectivity index (χ0) is 22.3. The number of hydrogen-bond acceptors (Lipinski definition) is 1. The SMILES string of the molecule is [C-]#[N+]c1cc(C2C3CC4CC(C3)CC2C4)cc2oc3c(-c4cccc[n+]4C)c(C)ccc3c12. The molecule has 4 saturated carbocycles. The number of fused-ring (bicyclic) bond motifs is 3. The van der Waals surface area contributed by atoms with Gasteiger partial charge >= 0.3 is 0 Å². The standard InChI is InChI=1S/C30H29N2O/c1-17-7-8-23-29-24(31-2)15-22(28-20-11-18-10-19(13-20)14-21(28)12-18)16-26(29)33-30(23)27(17)25-6-4-5-9-32(25)3/h4-9,15-16,18-21,28H,10-14H2,1,3H3/q+1. The summed E-state index contributed by atoms with van der Waals surface area (Å²) in [4.78, 5) is 4.02. The lowest BCUT2D eigenvalue weighted by Crippen LogP contribution is -2.43. The van der Waals surface area contributed by atoms with E-state index in [2.05, 4.69) is 66.0 Å². The van der Waals surface area contributed by atoms with Crippen LogP contribution in [0.15, 0.2) is 53.1 Å². The van der Waals surface area contributed by atoms with E-state index in [1.807, 2.05) is 6.07 Å². The molecule has 0 atom stereocenters. The van der Waals surface area contributed by atoms with Gasteiger partial charge in [-0.1, -0.05) is 23.8 Å². The average Bonchev–Trinajstić information content (AvgIpc) is 3.17. The Balaban J connectivity index is 1.45. The highest BCUT2D eigenvalue weighted by atomic mass is 16.3. The second-order valence-corrected chi connectivity index (χ2v) is 10.9. The zero-order valence-electron chi connectivity index (χ0n) is 19.3. The van der Waals surface area contributed by atoms with Gasteiger partial charge in [0.05, 0.1) is 12.1 Å². The Morgan fingerprint density at radius 2 is 1.73 bits per heavy atom. The molecule has 2 aromatic heterocycles. The van der Waals surface area contributed by atoms with Gasteiger partial charge in [0, 0.05) is 22.9 Å². The van der Waals surface area contributed by atoms with Crippen LogP contribution in [0, 0.1) is 37.2 Å². The molecule has 0 N–H and O–H groups in total. The lowest BCUT2D eigenvalue weighted by molar-refractivity contribution is -0.660. The van der Waals surface area contributed by atoms with Gasteiger partial charge in [0.25, 0.3) is 0 Å². The van der Waals surface area contributed by atoms with Crippen molar-refractivity contribution in [3.63, 3.8) is 0 Å². The van der Waals surface area contributed by atoms with Crippen molar-refractivity contribution in [3.05, 3.63) is 71.2 Å². The number of aryl methyl sites for hydroxylation is 2. The molecule has 2 aromatic carbocycles. The molecule has 4 aliphatic rings. The fourth-order valence-electron chi connectivity index (χ4n) is 7.92. The number of hydrogen-bond donors (Lipinski definition) is 0. The van der Waals surface area contributed by atoms with Gasteiger partial charge in [-0.15, -0.1) is 0 Å². The van der Waals surface area contributed by atoms with Gasteiger partial charge in [-0.25, -0.2) is 9.41 Å². The van der Waals surface area contributed by atoms with Crippen LogP contribution >= 0.6 is 0 Å². The lowest BCUT2D eigenvalue weighted by Gasteiger charge is -2.54. The Morgan fingerprint density at radius 3 is 2.42 bits per heavy atom. The molecule has 0 saturated heterocycles. The minimum Gasteiger partial charge on any atom is -0.457 e. The van der Waals surface area contributed by atoms with Gasteiger partial charge in [-0.2, -0.15) is 0 Å². The topological polar surface area (TPSA) is 21.4 Å². The number of rotatable bonds is 2. The maximum absolute atomic E-state index is 8.02. The molecule has 3 nitrogen and oxygen atoms in total. The third-order valence-electron chi connectivity index (χ3n) is 8.99. The van der Waals surface area contributed by atoms with E-state index in [-0.39, 0.29) is 0 Å². The molecule has 0 amide bonds. The van der Waals surface area contributed by atoms with Crippen molar-refractivity contribution in [2.24, 2.45) is 30.7 Å². The van der Waals surface area contributed by atoms with Crippen LogP contribution in [0.1, 0.15) is 49.1 Å². The summed E-state index contributed by atoms with van der Waals surface area (Å²) in [5.41, 5.74) is 7.33. The first-order valence-electron chi connectivity index (χ1n) is 12.4. The van der Waals surface area contributed by atoms with Gasteiger partial charge < -0.3 is 4.42 Å². The van der Waals surface area contributed by atoms with E-state index in [0.717, 1.165) is 62.6 Å². The van der Waals surface area contributed by atoms with Crippen LogP contribution in [0.4, 0.5) is 5.69 Å². The molecule has 2 heterocycles. The van der Waals surface area contributed by atoms with Gasteiger partial charge in [0.15, 0.2) is 11.9 Å². The first-order valence-corrected chi connectivity index (χ1v) is 12.4. The van der Waals surface area contributed by atoms with E-state index in [9.17, 15) is 0 Å². The van der Waals surface area contributed by atoms with Crippen molar-refractivity contribution in [2.45, 2.75) is 44.9 Å². The Labute approximate surface area is 194 Å². The molecule has 4 bridgehead atoms. The Kier molecular flexibility index (Phi) is 4.07. The number of furan rings is 1. The summed E-state index contributed by atoms with van der Waals surface area (Å²) in [6.45, 7) is 10.2. The molecule has 4 fully saturated rings. The predicted molar refractivity (Wildman–Crippen MR) is 131 cm³/mol. The van der Waals surface area contributed by atoms with Crippen molar-refractivity contribution in [3.8, 4) is 11.3 Å². The Hall–Kier alpha value is -3.12. The minimum atomic E-state index is 0.601.